The molecule has 11 heavy (non-hydrogen) atoms. The average Bonchev–Trinajstić information content (AvgIpc) is 2.45. The van der Waals surface area contributed by atoms with Crippen molar-refractivity contribution in [3.05, 3.63) is 0 Å². The number of ether oxygens (including phenoxy) is 1. The Morgan fingerprint density at radius 3 is 1.91 bits per heavy atom. The van der Waals surface area contributed by atoms with E-state index in [2.05, 4.69) is 4.74 Å². The Kier molecular flexibility index (Phi) is 1.95. The molecule has 3 heteroatoms. The normalized spacial score (nSPS) is 20.5. The van der Waals surface area contributed by atoms with Gasteiger partial charge in [-0.05, 0) is 12.8 Å². The quantitative estimate of drug-likeness (QED) is 0.609. The summed E-state index contributed by atoms with van der Waals surface area (Å²) in [6, 6.07) is 0. The van der Waals surface area contributed by atoms with Crippen LogP contribution in [0.3, 0.4) is 0 Å². The predicted molar refractivity (Wildman–Crippen MR) is 38.5 cm³/mol. The molecule has 0 aromatic heterocycles. The lowest BCUT2D eigenvalue weighted by molar-refractivity contribution is -0.300. The molecule has 0 aromatic rings. The highest BCUT2D eigenvalue weighted by molar-refractivity contribution is 4.80. The van der Waals surface area contributed by atoms with E-state index in [1.165, 1.54) is 20.8 Å². The number of rotatable bonds is 2. The molecule has 1 fully saturated rings. The van der Waals surface area contributed by atoms with Crippen molar-refractivity contribution >= 4 is 0 Å². The zero-order valence-corrected chi connectivity index (χ0v) is 7.16. The van der Waals surface area contributed by atoms with Crippen molar-refractivity contribution in [1.29, 1.82) is 0 Å². The van der Waals surface area contributed by atoms with Crippen molar-refractivity contribution in [2.75, 3.05) is 0 Å². The number of hydrogen-bond acceptors (Lipinski definition) is 1. The zero-order valence-electron chi connectivity index (χ0n) is 7.16. The lowest BCUT2D eigenvalue weighted by atomic mass is 9.95. The molecule has 0 saturated heterocycles. The van der Waals surface area contributed by atoms with Crippen LogP contribution in [0.15, 0.2) is 0 Å². The van der Waals surface area contributed by atoms with Gasteiger partial charge in [-0.15, -0.1) is 0 Å². The van der Waals surface area contributed by atoms with Crippen molar-refractivity contribution in [1.82, 2.24) is 0 Å². The first-order valence-corrected chi connectivity index (χ1v) is 3.88. The largest absolute Gasteiger partial charge is 0.360 e. The Labute approximate surface area is 65.7 Å². The summed E-state index contributed by atoms with van der Waals surface area (Å²) in [4.78, 5) is 0. The molecule has 0 aliphatic heterocycles. The second-order valence-electron chi connectivity index (χ2n) is 4.08. The van der Waals surface area contributed by atoms with Crippen LogP contribution in [0.2, 0.25) is 0 Å². The molecule has 0 amide bonds. The van der Waals surface area contributed by atoms with Gasteiger partial charge in [0, 0.05) is 0 Å². The Balaban J connectivity index is 2.49. The van der Waals surface area contributed by atoms with Gasteiger partial charge in [0.2, 0.25) is 0 Å². The van der Waals surface area contributed by atoms with Gasteiger partial charge in [-0.1, -0.05) is 20.8 Å². The highest BCUT2D eigenvalue weighted by Crippen LogP contribution is 2.41. The minimum atomic E-state index is -2.98. The Bertz CT molecular complexity index is 145. The van der Waals surface area contributed by atoms with Crippen molar-refractivity contribution in [3.63, 3.8) is 0 Å². The monoisotopic (exact) mass is 164 g/mol. The minimum Gasteiger partial charge on any atom is -0.317 e. The molecule has 0 unspecified atom stereocenters. The molecule has 1 aliphatic rings. The van der Waals surface area contributed by atoms with Crippen LogP contribution in [0.5, 0.6) is 0 Å². The molecule has 0 spiro atoms. The zero-order chi connectivity index (χ0) is 8.70. The van der Waals surface area contributed by atoms with E-state index in [4.69, 9.17) is 0 Å². The van der Waals surface area contributed by atoms with Gasteiger partial charge in [0.15, 0.2) is 0 Å². The summed E-state index contributed by atoms with van der Waals surface area (Å²) >= 11 is 0. The summed E-state index contributed by atoms with van der Waals surface area (Å²) in [5, 5.41) is 0. The molecule has 0 aromatic carbocycles. The highest BCUT2D eigenvalue weighted by Gasteiger charge is 2.48. The Morgan fingerprint density at radius 2 is 1.64 bits per heavy atom. The third-order valence-electron chi connectivity index (χ3n) is 1.71. The van der Waals surface area contributed by atoms with Crippen LogP contribution >= 0.6 is 0 Å². The summed E-state index contributed by atoms with van der Waals surface area (Å²) in [7, 11) is 0. The fourth-order valence-corrected chi connectivity index (χ4v) is 0.572. The fourth-order valence-electron chi connectivity index (χ4n) is 0.572. The number of alkyl halides is 2. The third-order valence-corrected chi connectivity index (χ3v) is 1.71. The second kappa shape index (κ2) is 2.41. The van der Waals surface area contributed by atoms with Crippen molar-refractivity contribution in [2.24, 2.45) is 5.41 Å². The number of hydrogen-bond donors (Lipinski definition) is 0. The van der Waals surface area contributed by atoms with Crippen molar-refractivity contribution in [2.45, 2.75) is 45.8 Å². The van der Waals surface area contributed by atoms with Crippen LogP contribution < -0.4 is 0 Å². The summed E-state index contributed by atoms with van der Waals surface area (Å²) in [6.07, 6.45) is -1.60. The number of halogens is 2. The molecule has 1 aliphatic carbocycles. The van der Waals surface area contributed by atoms with Gasteiger partial charge in [-0.2, -0.15) is 8.78 Å². The van der Waals surface area contributed by atoms with E-state index in [0.29, 0.717) is 0 Å². The van der Waals surface area contributed by atoms with E-state index in [1.54, 1.807) is 0 Å². The summed E-state index contributed by atoms with van der Waals surface area (Å²) in [5.74, 6) is 0. The average molecular weight is 164 g/mol. The van der Waals surface area contributed by atoms with Gasteiger partial charge in [-0.25, -0.2) is 0 Å². The molecule has 1 rings (SSSR count). The van der Waals surface area contributed by atoms with E-state index in [1.807, 2.05) is 0 Å². The van der Waals surface area contributed by atoms with E-state index in [-0.39, 0.29) is 6.10 Å². The van der Waals surface area contributed by atoms with Crippen LogP contribution in [0.25, 0.3) is 0 Å². The molecular formula is C8H14F2O. The molecular weight excluding hydrogens is 150 g/mol. The van der Waals surface area contributed by atoms with Crippen LogP contribution in [0.4, 0.5) is 8.78 Å². The maximum atomic E-state index is 13.0. The van der Waals surface area contributed by atoms with Crippen LogP contribution in [-0.2, 0) is 4.74 Å². The topological polar surface area (TPSA) is 9.23 Å². The van der Waals surface area contributed by atoms with E-state index in [0.717, 1.165) is 12.8 Å². The maximum absolute atomic E-state index is 13.0. The summed E-state index contributed by atoms with van der Waals surface area (Å²) in [5.41, 5.74) is -1.09. The van der Waals surface area contributed by atoms with E-state index in [9.17, 15) is 8.78 Å². The summed E-state index contributed by atoms with van der Waals surface area (Å²) in [6.45, 7) is 4.44. The van der Waals surface area contributed by atoms with Crippen LogP contribution in [0, 0.1) is 5.41 Å². The molecule has 0 N–H and O–H groups in total. The lowest BCUT2D eigenvalue weighted by Crippen LogP contribution is -2.37. The predicted octanol–water partition coefficient (Wildman–Crippen LogP) is 2.80. The van der Waals surface area contributed by atoms with Gasteiger partial charge >= 0.3 is 6.11 Å². The van der Waals surface area contributed by atoms with Crippen LogP contribution in [0.1, 0.15) is 33.6 Å². The first kappa shape index (κ1) is 8.91. The SMILES string of the molecule is CC(C)(C)C(F)(F)OC1CC1. The molecule has 1 nitrogen and oxygen atoms in total. The van der Waals surface area contributed by atoms with Gasteiger partial charge in [0.05, 0.1) is 11.5 Å². The van der Waals surface area contributed by atoms with Gasteiger partial charge in [-0.3, -0.25) is 0 Å². The molecule has 66 valence electrons. The van der Waals surface area contributed by atoms with Crippen LogP contribution in [-0.4, -0.2) is 12.2 Å². The highest BCUT2D eigenvalue weighted by atomic mass is 19.3. The Hall–Kier alpha value is -0.180. The third kappa shape index (κ3) is 2.12. The summed E-state index contributed by atoms with van der Waals surface area (Å²) < 4.78 is 30.6. The minimum absolute atomic E-state index is 0.191. The van der Waals surface area contributed by atoms with E-state index < -0.39 is 11.5 Å². The Morgan fingerprint density at radius 1 is 1.18 bits per heavy atom. The first-order chi connectivity index (χ1) is 4.83. The van der Waals surface area contributed by atoms with Crippen molar-refractivity contribution < 1.29 is 13.5 Å². The van der Waals surface area contributed by atoms with Gasteiger partial charge in [0.1, 0.15) is 0 Å². The second-order valence-corrected chi connectivity index (χ2v) is 4.08. The molecule has 0 bridgehead atoms. The maximum Gasteiger partial charge on any atom is 0.360 e. The van der Waals surface area contributed by atoms with Gasteiger partial charge in [0.25, 0.3) is 0 Å². The lowest BCUT2D eigenvalue weighted by Gasteiger charge is -2.29. The first-order valence-electron chi connectivity index (χ1n) is 3.88. The van der Waals surface area contributed by atoms with Gasteiger partial charge < -0.3 is 4.74 Å². The van der Waals surface area contributed by atoms with E-state index >= 15 is 0 Å². The standard InChI is InChI=1S/C8H14F2O/c1-7(2,3)8(9,10)11-6-4-5-6/h6H,4-5H2,1-3H3. The smallest absolute Gasteiger partial charge is 0.317 e. The fraction of sp³-hybridized carbons (Fsp3) is 1.00. The van der Waals surface area contributed by atoms with Crippen molar-refractivity contribution in [3.8, 4) is 0 Å². The molecule has 0 heterocycles. The molecule has 1 saturated carbocycles. The molecule has 0 radical (unpaired) electrons. The molecule has 0 atom stereocenters.